The highest BCUT2D eigenvalue weighted by Crippen LogP contribution is 2.35. The minimum absolute atomic E-state index is 0.0315. The normalized spacial score (nSPS) is 11.2. The molecule has 2 heterocycles. The summed E-state index contributed by atoms with van der Waals surface area (Å²) in [7, 11) is 0. The van der Waals surface area contributed by atoms with Gasteiger partial charge in [0.25, 0.3) is 11.4 Å². The minimum Gasteiger partial charge on any atom is -0.506 e. The Kier molecular flexibility index (Phi) is 4.83. The third-order valence-corrected chi connectivity index (χ3v) is 4.94. The van der Waals surface area contributed by atoms with Crippen molar-refractivity contribution in [3.63, 3.8) is 0 Å². The predicted octanol–water partition coefficient (Wildman–Crippen LogP) is 5.14. The van der Waals surface area contributed by atoms with Crippen molar-refractivity contribution in [3.05, 3.63) is 62.9 Å². The summed E-state index contributed by atoms with van der Waals surface area (Å²) in [5, 5.41) is 20.1. The first-order valence-corrected chi connectivity index (χ1v) is 9.40. The van der Waals surface area contributed by atoms with Crippen LogP contribution in [0.5, 0.6) is 5.75 Å². The fourth-order valence-corrected chi connectivity index (χ4v) is 3.61. The molecule has 0 aliphatic rings. The second-order valence-corrected chi connectivity index (χ2v) is 7.08. The zero-order chi connectivity index (χ0) is 19.8. The van der Waals surface area contributed by atoms with Gasteiger partial charge in [0.05, 0.1) is 16.1 Å². The van der Waals surface area contributed by atoms with Gasteiger partial charge in [-0.2, -0.15) is 0 Å². The molecule has 0 fully saturated rings. The lowest BCUT2D eigenvalue weighted by Gasteiger charge is -2.12. The van der Waals surface area contributed by atoms with Gasteiger partial charge in [0.15, 0.2) is 0 Å². The van der Waals surface area contributed by atoms with Crippen LogP contribution in [0, 0.1) is 0 Å². The number of pyridine rings is 1. The van der Waals surface area contributed by atoms with Crippen LogP contribution in [0.4, 0.5) is 0 Å². The molecule has 0 aliphatic heterocycles. The maximum absolute atomic E-state index is 13.1. The van der Waals surface area contributed by atoms with Gasteiger partial charge in [-0.3, -0.25) is 4.79 Å². The number of aryl methyl sites for hydroxylation is 1. The summed E-state index contributed by atoms with van der Waals surface area (Å²) in [5.41, 5.74) is 0.710. The van der Waals surface area contributed by atoms with Crippen molar-refractivity contribution in [2.24, 2.45) is 0 Å². The number of aromatic nitrogens is 3. The molecule has 4 aromatic rings. The fourth-order valence-electron chi connectivity index (χ4n) is 3.12. The molecule has 0 saturated heterocycles. The van der Waals surface area contributed by atoms with Gasteiger partial charge in [-0.1, -0.05) is 42.3 Å². The number of rotatable bonds is 4. The maximum Gasteiger partial charge on any atom is 0.267 e. The summed E-state index contributed by atoms with van der Waals surface area (Å²) < 4.78 is 7.30. The quantitative estimate of drug-likeness (QED) is 0.498. The zero-order valence-electron chi connectivity index (χ0n) is 14.8. The van der Waals surface area contributed by atoms with Gasteiger partial charge in [-0.05, 0) is 36.8 Å². The van der Waals surface area contributed by atoms with Crippen molar-refractivity contribution < 1.29 is 9.52 Å². The van der Waals surface area contributed by atoms with E-state index in [0.717, 1.165) is 6.42 Å². The number of hydrogen-bond donors (Lipinski definition) is 1. The Morgan fingerprint density at radius 2 is 1.86 bits per heavy atom. The molecule has 28 heavy (non-hydrogen) atoms. The van der Waals surface area contributed by atoms with E-state index in [4.69, 9.17) is 27.6 Å². The van der Waals surface area contributed by atoms with Crippen LogP contribution in [0.3, 0.4) is 0 Å². The molecule has 0 radical (unpaired) electrons. The van der Waals surface area contributed by atoms with Crippen molar-refractivity contribution in [2.45, 2.75) is 19.9 Å². The van der Waals surface area contributed by atoms with Crippen LogP contribution < -0.4 is 5.56 Å². The Bertz CT molecular complexity index is 1250. The molecule has 0 aliphatic carbocycles. The summed E-state index contributed by atoms with van der Waals surface area (Å²) in [6.07, 6.45) is 0.754. The largest absolute Gasteiger partial charge is 0.506 e. The third-order valence-electron chi connectivity index (χ3n) is 4.39. The van der Waals surface area contributed by atoms with E-state index < -0.39 is 5.56 Å². The van der Waals surface area contributed by atoms with Gasteiger partial charge in [-0.15, -0.1) is 10.2 Å². The molecular formula is C20H15Cl2N3O3. The average molecular weight is 416 g/mol. The summed E-state index contributed by atoms with van der Waals surface area (Å²) >= 11 is 12.1. The highest BCUT2D eigenvalue weighted by atomic mass is 35.5. The fraction of sp³-hybridized carbons (Fsp3) is 0.150. The van der Waals surface area contributed by atoms with E-state index in [1.807, 2.05) is 13.0 Å². The Labute approximate surface area is 170 Å². The van der Waals surface area contributed by atoms with E-state index in [1.165, 1.54) is 0 Å². The monoisotopic (exact) mass is 415 g/mol. The highest BCUT2D eigenvalue weighted by molar-refractivity contribution is 6.36. The molecule has 1 N–H and O–H groups in total. The lowest BCUT2D eigenvalue weighted by molar-refractivity contribution is 0.476. The zero-order valence-corrected chi connectivity index (χ0v) is 16.3. The molecule has 4 rings (SSSR count). The van der Waals surface area contributed by atoms with Crippen LogP contribution >= 0.6 is 23.2 Å². The van der Waals surface area contributed by atoms with Crippen LogP contribution in [0.25, 0.3) is 33.8 Å². The number of fused-ring (bicyclic) bond motifs is 1. The average Bonchev–Trinajstić information content (AvgIpc) is 3.14. The summed E-state index contributed by atoms with van der Waals surface area (Å²) in [5.74, 6) is -0.129. The van der Waals surface area contributed by atoms with Crippen molar-refractivity contribution in [2.75, 3.05) is 0 Å². The molecule has 0 spiro atoms. The Morgan fingerprint density at radius 3 is 2.61 bits per heavy atom. The summed E-state index contributed by atoms with van der Waals surface area (Å²) in [6, 6.07) is 12.0. The third kappa shape index (κ3) is 3.04. The lowest BCUT2D eigenvalue weighted by Crippen LogP contribution is -2.22. The number of nitrogens with zero attached hydrogens (tertiary/aromatic N) is 3. The number of hydrogen-bond acceptors (Lipinski definition) is 5. The highest BCUT2D eigenvalue weighted by Gasteiger charge is 2.23. The second kappa shape index (κ2) is 7.30. The van der Waals surface area contributed by atoms with Crippen molar-refractivity contribution in [3.8, 4) is 28.7 Å². The molecule has 142 valence electrons. The van der Waals surface area contributed by atoms with Crippen molar-refractivity contribution in [1.82, 2.24) is 14.8 Å². The number of aromatic hydroxyl groups is 1. The Morgan fingerprint density at radius 1 is 1.11 bits per heavy atom. The standard InChI is InChI=1S/C20H15Cl2N3O3/c1-2-9-25-15-6-4-3-5-13(15)17(26)16(20(25)27)19-24-23-18(28-19)12-8-7-11(21)10-14(12)22/h3-8,10,26H,2,9H2,1H3. The van der Waals surface area contributed by atoms with E-state index in [2.05, 4.69) is 10.2 Å². The van der Waals surface area contributed by atoms with Crippen molar-refractivity contribution in [1.29, 1.82) is 0 Å². The van der Waals surface area contributed by atoms with Crippen LogP contribution in [-0.4, -0.2) is 19.9 Å². The maximum atomic E-state index is 13.1. The van der Waals surface area contributed by atoms with E-state index in [0.29, 0.717) is 33.1 Å². The molecule has 2 aromatic heterocycles. The lowest BCUT2D eigenvalue weighted by atomic mass is 10.1. The molecule has 8 heteroatoms. The van der Waals surface area contributed by atoms with E-state index in [-0.39, 0.29) is 23.1 Å². The molecular weight excluding hydrogens is 401 g/mol. The van der Waals surface area contributed by atoms with Crippen molar-refractivity contribution >= 4 is 34.1 Å². The summed E-state index contributed by atoms with van der Waals surface area (Å²) in [6.45, 7) is 2.47. The molecule has 0 bridgehead atoms. The number of para-hydroxylation sites is 1. The topological polar surface area (TPSA) is 81.2 Å². The van der Waals surface area contributed by atoms with Gasteiger partial charge in [0.2, 0.25) is 5.89 Å². The number of benzene rings is 2. The molecule has 0 amide bonds. The number of halogens is 2. The molecule has 2 aromatic carbocycles. The molecule has 6 nitrogen and oxygen atoms in total. The van der Waals surface area contributed by atoms with Crippen LogP contribution in [0.1, 0.15) is 13.3 Å². The molecule has 0 atom stereocenters. The van der Waals surface area contributed by atoms with Gasteiger partial charge in [0.1, 0.15) is 11.3 Å². The molecule has 0 unspecified atom stereocenters. The van der Waals surface area contributed by atoms with Crippen LogP contribution in [0.2, 0.25) is 10.0 Å². The first-order chi connectivity index (χ1) is 13.5. The van der Waals surface area contributed by atoms with Gasteiger partial charge in [0, 0.05) is 17.0 Å². The summed E-state index contributed by atoms with van der Waals surface area (Å²) in [4.78, 5) is 13.1. The van der Waals surface area contributed by atoms with Crippen LogP contribution in [-0.2, 0) is 6.54 Å². The van der Waals surface area contributed by atoms with Gasteiger partial charge >= 0.3 is 0 Å². The Hall–Kier alpha value is -2.83. The smallest absolute Gasteiger partial charge is 0.267 e. The second-order valence-electron chi connectivity index (χ2n) is 6.23. The van der Waals surface area contributed by atoms with E-state index in [1.54, 1.807) is 41.0 Å². The van der Waals surface area contributed by atoms with Gasteiger partial charge < -0.3 is 14.1 Å². The van der Waals surface area contributed by atoms with Gasteiger partial charge in [-0.25, -0.2) is 0 Å². The Balaban J connectivity index is 1.93. The van der Waals surface area contributed by atoms with E-state index >= 15 is 0 Å². The van der Waals surface area contributed by atoms with Crippen LogP contribution in [0.15, 0.2) is 51.7 Å². The van der Waals surface area contributed by atoms with E-state index in [9.17, 15) is 9.90 Å². The SMILES string of the molecule is CCCn1c(=O)c(-c2nnc(-c3ccc(Cl)cc3Cl)o2)c(O)c2ccccc21. The first kappa shape index (κ1) is 18.5. The predicted molar refractivity (Wildman–Crippen MR) is 109 cm³/mol. The molecule has 0 saturated carbocycles. The minimum atomic E-state index is -0.393. The first-order valence-electron chi connectivity index (χ1n) is 8.65.